The molecule has 3 rings (SSSR count). The molecule has 1 aliphatic rings. The van der Waals surface area contributed by atoms with Crippen LogP contribution in [-0.2, 0) is 6.42 Å². The van der Waals surface area contributed by atoms with E-state index in [4.69, 9.17) is 4.74 Å². The van der Waals surface area contributed by atoms with E-state index in [1.165, 1.54) is 31.4 Å². The fraction of sp³-hybridized carbons (Fsp3) is 0.435. The minimum absolute atomic E-state index is 0.0317. The van der Waals surface area contributed by atoms with Crippen LogP contribution in [0.2, 0.25) is 0 Å². The zero-order chi connectivity index (χ0) is 19.8. The molecule has 2 aromatic rings. The first-order chi connectivity index (χ1) is 13.6. The van der Waals surface area contributed by atoms with Crippen molar-refractivity contribution in [2.24, 2.45) is 0 Å². The lowest BCUT2D eigenvalue weighted by molar-refractivity contribution is 0.0611. The summed E-state index contributed by atoms with van der Waals surface area (Å²) >= 11 is 0. The number of aryl methyl sites for hydroxylation is 1. The number of nitrogens with zero attached hydrogens (tertiary/aromatic N) is 1. The molecule has 0 saturated carbocycles. The number of Topliss-reactive ketones (excluding diaryl/α,β-unsaturated/α-hetero) is 1. The quantitative estimate of drug-likeness (QED) is 0.649. The van der Waals surface area contributed by atoms with Gasteiger partial charge in [-0.2, -0.15) is 0 Å². The maximum absolute atomic E-state index is 12.7. The fourth-order valence-corrected chi connectivity index (χ4v) is 3.58. The number of β-amino-alcohol motifs (C(OH)–C–C–N with tert-alkyl or cyclic N) is 1. The number of benzene rings is 2. The molecule has 2 N–H and O–H groups in total. The minimum atomic E-state index is -0.612. The summed E-state index contributed by atoms with van der Waals surface area (Å²) in [6.07, 6.45) is 3.95. The van der Waals surface area contributed by atoms with Gasteiger partial charge < -0.3 is 19.8 Å². The number of carbonyl (C=O) groups is 1. The Labute approximate surface area is 166 Å². The summed E-state index contributed by atoms with van der Waals surface area (Å²) in [5.74, 6) is 0.359. The van der Waals surface area contributed by atoms with Crippen molar-refractivity contribution in [2.75, 3.05) is 26.2 Å². The molecular formula is C23H29NO4. The van der Waals surface area contributed by atoms with Crippen molar-refractivity contribution in [1.82, 2.24) is 4.90 Å². The Morgan fingerprint density at radius 3 is 2.57 bits per heavy atom. The largest absolute Gasteiger partial charge is 0.508 e. The monoisotopic (exact) mass is 383 g/mol. The number of carbonyl (C=O) groups excluding carboxylic acids is 1. The van der Waals surface area contributed by atoms with Crippen LogP contribution in [0.4, 0.5) is 0 Å². The Bertz CT molecular complexity index is 756. The Morgan fingerprint density at radius 1 is 1.07 bits per heavy atom. The topological polar surface area (TPSA) is 70.0 Å². The first-order valence-electron chi connectivity index (χ1n) is 10.0. The number of ketones is 1. The Morgan fingerprint density at radius 2 is 1.82 bits per heavy atom. The van der Waals surface area contributed by atoms with E-state index in [2.05, 4.69) is 4.90 Å². The van der Waals surface area contributed by atoms with Gasteiger partial charge in [0.05, 0.1) is 5.56 Å². The van der Waals surface area contributed by atoms with Crippen molar-refractivity contribution < 1.29 is 19.7 Å². The van der Waals surface area contributed by atoms with Gasteiger partial charge in [0.25, 0.3) is 0 Å². The molecule has 1 aliphatic heterocycles. The van der Waals surface area contributed by atoms with Crippen LogP contribution in [-0.4, -0.2) is 53.2 Å². The van der Waals surface area contributed by atoms with Crippen molar-refractivity contribution in [1.29, 1.82) is 0 Å². The summed E-state index contributed by atoms with van der Waals surface area (Å²) < 4.78 is 5.76. The third-order valence-electron chi connectivity index (χ3n) is 5.10. The average Bonchev–Trinajstić information content (AvgIpc) is 2.72. The fourth-order valence-electron chi connectivity index (χ4n) is 3.58. The molecule has 0 spiro atoms. The van der Waals surface area contributed by atoms with Gasteiger partial charge in [0.15, 0.2) is 5.78 Å². The van der Waals surface area contributed by atoms with Gasteiger partial charge in [0, 0.05) is 13.0 Å². The van der Waals surface area contributed by atoms with Crippen LogP contribution in [0.3, 0.4) is 0 Å². The molecule has 2 aromatic carbocycles. The van der Waals surface area contributed by atoms with Crippen molar-refractivity contribution in [3.63, 3.8) is 0 Å². The third-order valence-corrected chi connectivity index (χ3v) is 5.10. The second kappa shape index (κ2) is 10.2. The first kappa shape index (κ1) is 20.4. The summed E-state index contributed by atoms with van der Waals surface area (Å²) in [6.45, 7) is 2.73. The lowest BCUT2D eigenvalue weighted by Crippen LogP contribution is -2.38. The van der Waals surface area contributed by atoms with E-state index >= 15 is 0 Å². The molecule has 0 aliphatic carbocycles. The molecule has 0 radical (unpaired) electrons. The highest BCUT2D eigenvalue weighted by Crippen LogP contribution is 2.25. The first-order valence-corrected chi connectivity index (χ1v) is 10.0. The van der Waals surface area contributed by atoms with Gasteiger partial charge in [-0.1, -0.05) is 36.8 Å². The van der Waals surface area contributed by atoms with Gasteiger partial charge in [-0.15, -0.1) is 0 Å². The van der Waals surface area contributed by atoms with Gasteiger partial charge >= 0.3 is 0 Å². The number of phenolic OH excluding ortho intramolecular Hbond substituents is 1. The van der Waals surface area contributed by atoms with Crippen molar-refractivity contribution >= 4 is 5.78 Å². The normalized spacial score (nSPS) is 15.9. The van der Waals surface area contributed by atoms with Crippen LogP contribution in [0.5, 0.6) is 11.5 Å². The summed E-state index contributed by atoms with van der Waals surface area (Å²) in [7, 11) is 0. The second-order valence-corrected chi connectivity index (χ2v) is 7.42. The number of phenols is 1. The maximum Gasteiger partial charge on any atom is 0.167 e. The zero-order valence-corrected chi connectivity index (χ0v) is 16.2. The average molecular weight is 383 g/mol. The van der Waals surface area contributed by atoms with Crippen LogP contribution in [0.15, 0.2) is 48.5 Å². The maximum atomic E-state index is 12.7. The van der Waals surface area contributed by atoms with Crippen LogP contribution in [0.1, 0.15) is 41.6 Å². The van der Waals surface area contributed by atoms with E-state index < -0.39 is 6.10 Å². The predicted molar refractivity (Wildman–Crippen MR) is 109 cm³/mol. The van der Waals surface area contributed by atoms with Gasteiger partial charge in [0.2, 0.25) is 0 Å². The smallest absolute Gasteiger partial charge is 0.167 e. The second-order valence-electron chi connectivity index (χ2n) is 7.42. The molecule has 1 fully saturated rings. The summed E-state index contributed by atoms with van der Waals surface area (Å²) in [4.78, 5) is 14.9. The molecule has 1 saturated heterocycles. The van der Waals surface area contributed by atoms with Gasteiger partial charge in [0.1, 0.15) is 24.2 Å². The van der Waals surface area contributed by atoms with E-state index in [0.29, 0.717) is 30.7 Å². The minimum Gasteiger partial charge on any atom is -0.508 e. The van der Waals surface area contributed by atoms with E-state index in [1.54, 1.807) is 6.07 Å². The number of hydrogen-bond acceptors (Lipinski definition) is 5. The van der Waals surface area contributed by atoms with Gasteiger partial charge in [-0.05, 0) is 56.1 Å². The van der Waals surface area contributed by atoms with Crippen LogP contribution in [0.25, 0.3) is 0 Å². The Hall–Kier alpha value is -2.37. The number of aliphatic hydroxyl groups excluding tert-OH is 1. The standard InChI is InChI=1S/C23H29NO4/c25-19-10-12-23(28-17-20(26)16-24-13-5-2-6-14-24)21(15-19)22(27)11-9-18-7-3-1-4-8-18/h1,3-4,7-8,10,12,15,20,25-26H,2,5-6,9,11,13-14,16-17H2/t20-/m1/s1. The van der Waals surface area contributed by atoms with E-state index in [9.17, 15) is 15.0 Å². The molecular weight excluding hydrogens is 354 g/mol. The highest BCUT2D eigenvalue weighted by molar-refractivity contribution is 5.99. The summed E-state index contributed by atoms with van der Waals surface area (Å²) in [6, 6.07) is 14.4. The lowest BCUT2D eigenvalue weighted by Gasteiger charge is -2.28. The zero-order valence-electron chi connectivity index (χ0n) is 16.2. The summed E-state index contributed by atoms with van der Waals surface area (Å²) in [5.41, 5.74) is 1.46. The van der Waals surface area contributed by atoms with Crippen molar-refractivity contribution in [2.45, 2.75) is 38.2 Å². The number of aliphatic hydroxyl groups is 1. The summed E-state index contributed by atoms with van der Waals surface area (Å²) in [5, 5.41) is 20.1. The molecule has 1 heterocycles. The van der Waals surface area contributed by atoms with E-state index in [-0.39, 0.29) is 18.1 Å². The molecule has 5 heteroatoms. The van der Waals surface area contributed by atoms with E-state index in [1.807, 2.05) is 30.3 Å². The number of rotatable bonds is 9. The van der Waals surface area contributed by atoms with Crippen molar-refractivity contribution in [3.05, 3.63) is 59.7 Å². The molecule has 1 atom stereocenters. The molecule has 5 nitrogen and oxygen atoms in total. The lowest BCUT2D eigenvalue weighted by atomic mass is 10.0. The Kier molecular flexibility index (Phi) is 7.46. The molecule has 0 amide bonds. The molecule has 0 unspecified atom stereocenters. The molecule has 0 bridgehead atoms. The number of likely N-dealkylation sites (tertiary alicyclic amines) is 1. The van der Waals surface area contributed by atoms with E-state index in [0.717, 1.165) is 18.7 Å². The number of ether oxygens (including phenoxy) is 1. The highest BCUT2D eigenvalue weighted by Gasteiger charge is 2.18. The highest BCUT2D eigenvalue weighted by atomic mass is 16.5. The van der Waals surface area contributed by atoms with Crippen LogP contribution >= 0.6 is 0 Å². The van der Waals surface area contributed by atoms with Gasteiger partial charge in [-0.3, -0.25) is 4.79 Å². The van der Waals surface area contributed by atoms with Crippen LogP contribution in [0, 0.1) is 0 Å². The van der Waals surface area contributed by atoms with Crippen LogP contribution < -0.4 is 4.74 Å². The third kappa shape index (κ3) is 6.08. The number of piperidine rings is 1. The SMILES string of the molecule is O=C(CCc1ccccc1)c1cc(O)ccc1OC[C@H](O)CN1CCCCC1. The predicted octanol–water partition coefficient (Wildman–Crippen LogP) is 3.43. The molecule has 28 heavy (non-hydrogen) atoms. The number of aromatic hydroxyl groups is 1. The Balaban J connectivity index is 1.57. The van der Waals surface area contributed by atoms with Crippen molar-refractivity contribution in [3.8, 4) is 11.5 Å². The number of hydrogen-bond donors (Lipinski definition) is 2. The van der Waals surface area contributed by atoms with Gasteiger partial charge in [-0.25, -0.2) is 0 Å². The molecule has 0 aromatic heterocycles. The molecule has 150 valence electrons.